The third-order valence-corrected chi connectivity index (χ3v) is 1.76. The van der Waals surface area contributed by atoms with Crippen molar-refractivity contribution < 1.29 is 8.78 Å². The van der Waals surface area contributed by atoms with E-state index in [2.05, 4.69) is 0 Å². The number of hydrogen-bond acceptors (Lipinski definition) is 1. The normalized spacial score (nSPS) is 38.9. The van der Waals surface area contributed by atoms with Gasteiger partial charge in [0.1, 0.15) is 5.92 Å². The van der Waals surface area contributed by atoms with Gasteiger partial charge in [-0.05, 0) is 5.92 Å². The van der Waals surface area contributed by atoms with Crippen LogP contribution in [0.25, 0.3) is 0 Å². The Morgan fingerprint density at radius 1 is 1.67 bits per heavy atom. The van der Waals surface area contributed by atoms with E-state index in [4.69, 9.17) is 5.26 Å². The Hall–Kier alpha value is -0.650. The summed E-state index contributed by atoms with van der Waals surface area (Å²) < 4.78 is 24.5. The molecule has 2 unspecified atom stereocenters. The molecule has 2 atom stereocenters. The van der Waals surface area contributed by atoms with Crippen LogP contribution in [0.1, 0.15) is 13.3 Å². The van der Waals surface area contributed by atoms with Crippen LogP contribution in [0.15, 0.2) is 0 Å². The van der Waals surface area contributed by atoms with Crippen LogP contribution in [0.2, 0.25) is 0 Å². The molecule has 0 saturated heterocycles. The Kier molecular flexibility index (Phi) is 1.20. The first-order valence-corrected chi connectivity index (χ1v) is 2.85. The summed E-state index contributed by atoms with van der Waals surface area (Å²) in [7, 11) is 0. The minimum absolute atomic E-state index is 0.120. The maximum atomic E-state index is 12.2. The molecule has 1 fully saturated rings. The summed E-state index contributed by atoms with van der Waals surface area (Å²) in [5, 5.41) is 8.16. The Morgan fingerprint density at radius 3 is 2.33 bits per heavy atom. The lowest BCUT2D eigenvalue weighted by Gasteiger charge is -2.37. The molecule has 9 heavy (non-hydrogen) atoms. The molecular weight excluding hydrogens is 124 g/mol. The van der Waals surface area contributed by atoms with Gasteiger partial charge >= 0.3 is 0 Å². The SMILES string of the molecule is CC1CC(F)(F)C1C#N. The first kappa shape index (κ1) is 6.47. The second-order valence-electron chi connectivity index (χ2n) is 2.55. The summed E-state index contributed by atoms with van der Waals surface area (Å²) in [4.78, 5) is 0. The van der Waals surface area contributed by atoms with Crippen LogP contribution in [0, 0.1) is 23.2 Å². The first-order chi connectivity index (χ1) is 4.08. The highest BCUT2D eigenvalue weighted by molar-refractivity contribution is 5.05. The smallest absolute Gasteiger partial charge is 0.205 e. The third kappa shape index (κ3) is 0.787. The molecule has 0 radical (unpaired) electrons. The molecule has 0 aromatic rings. The standard InChI is InChI=1S/C6H7F2N/c1-4-2-6(7,8)5(4)3-9/h4-5H,2H2,1H3. The van der Waals surface area contributed by atoms with Crippen LogP contribution in [0.3, 0.4) is 0 Å². The van der Waals surface area contributed by atoms with Crippen molar-refractivity contribution in [1.29, 1.82) is 5.26 Å². The number of alkyl halides is 2. The predicted molar refractivity (Wildman–Crippen MR) is 27.8 cm³/mol. The molecule has 1 nitrogen and oxygen atoms in total. The zero-order valence-electron chi connectivity index (χ0n) is 5.06. The molecule has 0 amide bonds. The molecule has 0 aromatic heterocycles. The molecule has 1 rings (SSSR count). The van der Waals surface area contributed by atoms with Gasteiger partial charge in [-0.3, -0.25) is 0 Å². The lowest BCUT2D eigenvalue weighted by Crippen LogP contribution is -2.44. The lowest BCUT2D eigenvalue weighted by atomic mass is 9.72. The van der Waals surface area contributed by atoms with Crippen LogP contribution in [0.4, 0.5) is 8.78 Å². The summed E-state index contributed by atoms with van der Waals surface area (Å²) in [6.07, 6.45) is -0.120. The van der Waals surface area contributed by atoms with Gasteiger partial charge in [0.15, 0.2) is 0 Å². The maximum Gasteiger partial charge on any atom is 0.264 e. The Bertz CT molecular complexity index is 159. The van der Waals surface area contributed by atoms with E-state index in [-0.39, 0.29) is 12.3 Å². The molecule has 1 aliphatic rings. The van der Waals surface area contributed by atoms with Crippen LogP contribution in [0.5, 0.6) is 0 Å². The van der Waals surface area contributed by atoms with Gasteiger partial charge in [-0.2, -0.15) is 5.26 Å². The summed E-state index contributed by atoms with van der Waals surface area (Å²) in [6, 6.07) is 1.59. The Morgan fingerprint density at radius 2 is 2.22 bits per heavy atom. The number of hydrogen-bond donors (Lipinski definition) is 0. The molecule has 3 heteroatoms. The number of halogens is 2. The minimum atomic E-state index is -2.70. The van der Waals surface area contributed by atoms with Gasteiger partial charge in [0, 0.05) is 6.42 Å². The molecule has 0 heterocycles. The van der Waals surface area contributed by atoms with Crippen molar-refractivity contribution in [2.24, 2.45) is 11.8 Å². The van der Waals surface area contributed by atoms with Crippen LogP contribution >= 0.6 is 0 Å². The maximum absolute atomic E-state index is 12.2. The second kappa shape index (κ2) is 1.66. The average Bonchev–Trinajstić information content (AvgIpc) is 1.63. The van der Waals surface area contributed by atoms with Gasteiger partial charge in [0.25, 0.3) is 5.92 Å². The van der Waals surface area contributed by atoms with Crippen LogP contribution in [-0.2, 0) is 0 Å². The molecule has 1 saturated carbocycles. The molecule has 0 aromatic carbocycles. The van der Waals surface area contributed by atoms with Gasteiger partial charge in [-0.1, -0.05) is 6.92 Å². The summed E-state index contributed by atoms with van der Waals surface area (Å²) in [5.74, 6) is -3.85. The molecule has 0 bridgehead atoms. The molecule has 0 aliphatic heterocycles. The summed E-state index contributed by atoms with van der Waals surface area (Å²) >= 11 is 0. The zero-order valence-corrected chi connectivity index (χ0v) is 5.06. The van der Waals surface area contributed by atoms with Gasteiger partial charge < -0.3 is 0 Å². The van der Waals surface area contributed by atoms with E-state index in [1.165, 1.54) is 0 Å². The summed E-state index contributed by atoms with van der Waals surface area (Å²) in [5.41, 5.74) is 0. The highest BCUT2D eigenvalue weighted by atomic mass is 19.3. The highest BCUT2D eigenvalue weighted by Gasteiger charge is 2.54. The fraction of sp³-hybridized carbons (Fsp3) is 0.833. The predicted octanol–water partition coefficient (Wildman–Crippen LogP) is 1.80. The number of rotatable bonds is 0. The monoisotopic (exact) mass is 131 g/mol. The average molecular weight is 131 g/mol. The van der Waals surface area contributed by atoms with Gasteiger partial charge in [-0.15, -0.1) is 0 Å². The van der Waals surface area contributed by atoms with Gasteiger partial charge in [-0.25, -0.2) is 8.78 Å². The van der Waals surface area contributed by atoms with E-state index in [0.717, 1.165) is 0 Å². The second-order valence-corrected chi connectivity index (χ2v) is 2.55. The van der Waals surface area contributed by atoms with Crippen molar-refractivity contribution in [3.05, 3.63) is 0 Å². The van der Waals surface area contributed by atoms with Gasteiger partial charge in [0.05, 0.1) is 6.07 Å². The zero-order chi connectivity index (χ0) is 7.07. The van der Waals surface area contributed by atoms with E-state index < -0.39 is 11.8 Å². The number of nitriles is 1. The van der Waals surface area contributed by atoms with Crippen molar-refractivity contribution >= 4 is 0 Å². The first-order valence-electron chi connectivity index (χ1n) is 2.85. The van der Waals surface area contributed by atoms with E-state index in [9.17, 15) is 8.78 Å². The third-order valence-electron chi connectivity index (χ3n) is 1.76. The highest BCUT2D eigenvalue weighted by Crippen LogP contribution is 2.47. The van der Waals surface area contributed by atoms with E-state index in [1.54, 1.807) is 13.0 Å². The van der Waals surface area contributed by atoms with E-state index >= 15 is 0 Å². The van der Waals surface area contributed by atoms with Crippen molar-refractivity contribution in [2.75, 3.05) is 0 Å². The fourth-order valence-electron chi connectivity index (χ4n) is 1.15. The van der Waals surface area contributed by atoms with Crippen molar-refractivity contribution in [3.8, 4) is 6.07 Å². The van der Waals surface area contributed by atoms with E-state index in [1.807, 2.05) is 0 Å². The van der Waals surface area contributed by atoms with Crippen molar-refractivity contribution in [2.45, 2.75) is 19.3 Å². The Balaban J connectivity index is 2.61. The quantitative estimate of drug-likeness (QED) is 0.491. The minimum Gasteiger partial charge on any atom is -0.205 e. The van der Waals surface area contributed by atoms with Crippen LogP contribution < -0.4 is 0 Å². The van der Waals surface area contributed by atoms with Gasteiger partial charge in [0.2, 0.25) is 0 Å². The molecule has 0 N–H and O–H groups in total. The topological polar surface area (TPSA) is 23.8 Å². The van der Waals surface area contributed by atoms with Crippen LogP contribution in [-0.4, -0.2) is 5.92 Å². The molecular formula is C6H7F2N. The van der Waals surface area contributed by atoms with Crippen molar-refractivity contribution in [3.63, 3.8) is 0 Å². The van der Waals surface area contributed by atoms with Crippen molar-refractivity contribution in [1.82, 2.24) is 0 Å². The fourth-order valence-corrected chi connectivity index (χ4v) is 1.15. The largest absolute Gasteiger partial charge is 0.264 e. The lowest BCUT2D eigenvalue weighted by molar-refractivity contribution is -0.143. The Labute approximate surface area is 52.3 Å². The molecule has 50 valence electrons. The molecule has 1 aliphatic carbocycles. The number of nitrogens with zero attached hydrogens (tertiary/aromatic N) is 1. The summed E-state index contributed by atoms with van der Waals surface area (Å²) in [6.45, 7) is 1.67. The van der Waals surface area contributed by atoms with E-state index in [0.29, 0.717) is 0 Å². The molecule has 0 spiro atoms.